The van der Waals surface area contributed by atoms with Gasteiger partial charge in [-0.2, -0.15) is 0 Å². The molecule has 0 saturated heterocycles. The van der Waals surface area contributed by atoms with E-state index in [4.69, 9.17) is 18.0 Å². The summed E-state index contributed by atoms with van der Waals surface area (Å²) in [6.07, 6.45) is 3.05. The molecule has 0 aromatic carbocycles. The molecule has 1 fully saturated rings. The van der Waals surface area contributed by atoms with Crippen LogP contribution in [0.5, 0.6) is 0 Å². The van der Waals surface area contributed by atoms with Crippen molar-refractivity contribution in [2.24, 2.45) is 17.6 Å². The first-order chi connectivity index (χ1) is 7.59. The Morgan fingerprint density at radius 3 is 2.94 bits per heavy atom. The highest BCUT2D eigenvalue weighted by atomic mass is 32.1. The zero-order chi connectivity index (χ0) is 11.7. The number of rotatable bonds is 4. The van der Waals surface area contributed by atoms with E-state index in [1.54, 1.807) is 6.20 Å². The summed E-state index contributed by atoms with van der Waals surface area (Å²) in [7, 11) is 2.07. The molecular weight excluding hydrogens is 218 g/mol. The van der Waals surface area contributed by atoms with Gasteiger partial charge in [-0.25, -0.2) is 0 Å². The van der Waals surface area contributed by atoms with Crippen LogP contribution in [0.25, 0.3) is 0 Å². The highest BCUT2D eigenvalue weighted by Crippen LogP contribution is 2.38. The second kappa shape index (κ2) is 4.37. The molecule has 0 aliphatic heterocycles. The van der Waals surface area contributed by atoms with Crippen molar-refractivity contribution >= 4 is 22.9 Å². The fourth-order valence-electron chi connectivity index (χ4n) is 2.00. The number of thiocarbonyl (C=S) groups is 1. The maximum atomic E-state index is 5.67. The molecule has 86 valence electrons. The van der Waals surface area contributed by atoms with Crippen molar-refractivity contribution in [2.45, 2.75) is 13.3 Å². The zero-order valence-electron chi connectivity index (χ0n) is 9.68. The number of hydrogen-bond donors (Lipinski definition) is 1. The van der Waals surface area contributed by atoms with Gasteiger partial charge in [0.05, 0.1) is 5.69 Å². The Kier molecular flexibility index (Phi) is 3.10. The third-order valence-electron chi connectivity index (χ3n) is 3.22. The summed E-state index contributed by atoms with van der Waals surface area (Å²) in [6, 6.07) is 3.94. The first-order valence-corrected chi connectivity index (χ1v) is 5.96. The Balaban J connectivity index is 2.15. The Hall–Kier alpha value is -1.16. The maximum Gasteiger partial charge on any atom is 0.124 e. The van der Waals surface area contributed by atoms with Gasteiger partial charge < -0.3 is 10.6 Å². The minimum atomic E-state index is 0.367. The van der Waals surface area contributed by atoms with E-state index in [-0.39, 0.29) is 0 Å². The number of pyridine rings is 1. The molecule has 1 aromatic rings. The SMILES string of the molecule is CC1CC1CN(C)c1cccnc1C(N)=S. The molecule has 1 aliphatic carbocycles. The summed E-state index contributed by atoms with van der Waals surface area (Å²) >= 11 is 5.01. The highest BCUT2D eigenvalue weighted by molar-refractivity contribution is 7.80. The monoisotopic (exact) mass is 235 g/mol. The van der Waals surface area contributed by atoms with Crippen LogP contribution in [0.4, 0.5) is 5.69 Å². The summed E-state index contributed by atoms with van der Waals surface area (Å²) in [5.74, 6) is 1.66. The van der Waals surface area contributed by atoms with E-state index >= 15 is 0 Å². The molecule has 0 radical (unpaired) electrons. The van der Waals surface area contributed by atoms with Crippen molar-refractivity contribution in [1.82, 2.24) is 4.98 Å². The quantitative estimate of drug-likeness (QED) is 0.808. The molecule has 2 unspecified atom stereocenters. The van der Waals surface area contributed by atoms with Gasteiger partial charge in [-0.15, -0.1) is 0 Å². The van der Waals surface area contributed by atoms with Crippen LogP contribution in [-0.2, 0) is 0 Å². The lowest BCUT2D eigenvalue weighted by Crippen LogP contribution is -2.25. The topological polar surface area (TPSA) is 42.2 Å². The average molecular weight is 235 g/mol. The molecule has 1 aromatic heterocycles. The maximum absolute atomic E-state index is 5.67. The number of nitrogens with two attached hydrogens (primary N) is 1. The zero-order valence-corrected chi connectivity index (χ0v) is 10.5. The van der Waals surface area contributed by atoms with Crippen LogP contribution in [-0.4, -0.2) is 23.6 Å². The van der Waals surface area contributed by atoms with Gasteiger partial charge in [0.2, 0.25) is 0 Å². The molecule has 1 saturated carbocycles. The van der Waals surface area contributed by atoms with Crippen molar-refractivity contribution in [3.05, 3.63) is 24.0 Å². The largest absolute Gasteiger partial charge is 0.388 e. The molecule has 0 bridgehead atoms. The second-order valence-corrected chi connectivity index (χ2v) is 5.03. The van der Waals surface area contributed by atoms with Crippen molar-refractivity contribution in [3.8, 4) is 0 Å². The molecule has 4 heteroatoms. The van der Waals surface area contributed by atoms with Crippen LogP contribution in [0, 0.1) is 11.8 Å². The fourth-order valence-corrected chi connectivity index (χ4v) is 2.16. The van der Waals surface area contributed by atoms with E-state index in [0.29, 0.717) is 4.99 Å². The van der Waals surface area contributed by atoms with Crippen LogP contribution >= 0.6 is 12.2 Å². The van der Waals surface area contributed by atoms with Crippen molar-refractivity contribution in [3.63, 3.8) is 0 Å². The van der Waals surface area contributed by atoms with Crippen LogP contribution in [0.2, 0.25) is 0 Å². The second-order valence-electron chi connectivity index (χ2n) is 4.59. The average Bonchev–Trinajstić information content (AvgIpc) is 2.94. The number of nitrogens with zero attached hydrogens (tertiary/aromatic N) is 2. The minimum Gasteiger partial charge on any atom is -0.388 e. The standard InChI is InChI=1S/C12H17N3S/c1-8-6-9(8)7-15(2)10-4-3-5-14-11(10)12(13)16/h3-5,8-9H,6-7H2,1-2H3,(H2,13,16). The van der Waals surface area contributed by atoms with Crippen LogP contribution in [0.15, 0.2) is 18.3 Å². The predicted octanol–water partition coefficient (Wildman–Crippen LogP) is 1.81. The van der Waals surface area contributed by atoms with Gasteiger partial charge in [0.25, 0.3) is 0 Å². The van der Waals surface area contributed by atoms with Crippen molar-refractivity contribution in [1.29, 1.82) is 0 Å². The van der Waals surface area contributed by atoms with Gasteiger partial charge in [0.1, 0.15) is 10.7 Å². The Labute approximate surface area is 102 Å². The van der Waals surface area contributed by atoms with E-state index in [0.717, 1.165) is 29.8 Å². The van der Waals surface area contributed by atoms with E-state index < -0.39 is 0 Å². The predicted molar refractivity (Wildman–Crippen MR) is 70.7 cm³/mol. The third kappa shape index (κ3) is 2.32. The molecule has 1 aliphatic rings. The van der Waals surface area contributed by atoms with Gasteiger partial charge in [0.15, 0.2) is 0 Å². The summed E-state index contributed by atoms with van der Waals surface area (Å²) < 4.78 is 0. The van der Waals surface area contributed by atoms with E-state index in [1.165, 1.54) is 6.42 Å². The van der Waals surface area contributed by atoms with Gasteiger partial charge in [-0.05, 0) is 30.4 Å². The minimum absolute atomic E-state index is 0.367. The molecule has 0 amide bonds. The van der Waals surface area contributed by atoms with Crippen LogP contribution < -0.4 is 10.6 Å². The lowest BCUT2D eigenvalue weighted by atomic mass is 10.2. The number of hydrogen-bond acceptors (Lipinski definition) is 3. The number of anilines is 1. The molecule has 0 spiro atoms. The Bertz CT molecular complexity index is 405. The fraction of sp³-hybridized carbons (Fsp3) is 0.500. The van der Waals surface area contributed by atoms with Crippen LogP contribution in [0.3, 0.4) is 0 Å². The summed E-state index contributed by atoms with van der Waals surface area (Å²) in [6.45, 7) is 3.35. The Morgan fingerprint density at radius 1 is 1.69 bits per heavy atom. The lowest BCUT2D eigenvalue weighted by Gasteiger charge is -2.21. The van der Waals surface area contributed by atoms with E-state index in [2.05, 4.69) is 23.9 Å². The molecular formula is C12H17N3S. The first kappa shape index (κ1) is 11.3. The summed E-state index contributed by atoms with van der Waals surface area (Å²) in [5, 5.41) is 0. The molecule has 1 heterocycles. The van der Waals surface area contributed by atoms with E-state index in [1.807, 2.05) is 12.1 Å². The molecule has 2 N–H and O–H groups in total. The smallest absolute Gasteiger partial charge is 0.124 e. The summed E-state index contributed by atoms with van der Waals surface area (Å²) in [5.41, 5.74) is 7.43. The van der Waals surface area contributed by atoms with Crippen LogP contribution in [0.1, 0.15) is 19.0 Å². The molecule has 2 atom stereocenters. The highest BCUT2D eigenvalue weighted by Gasteiger charge is 2.33. The van der Waals surface area contributed by atoms with Crippen molar-refractivity contribution < 1.29 is 0 Å². The first-order valence-electron chi connectivity index (χ1n) is 5.55. The third-order valence-corrected chi connectivity index (χ3v) is 3.41. The van der Waals surface area contributed by atoms with Gasteiger partial charge in [-0.3, -0.25) is 4.98 Å². The van der Waals surface area contributed by atoms with Gasteiger partial charge >= 0.3 is 0 Å². The molecule has 3 nitrogen and oxygen atoms in total. The lowest BCUT2D eigenvalue weighted by molar-refractivity contribution is 0.724. The normalized spacial score (nSPS) is 22.9. The van der Waals surface area contributed by atoms with Gasteiger partial charge in [-0.1, -0.05) is 19.1 Å². The molecule has 2 rings (SSSR count). The van der Waals surface area contributed by atoms with Crippen molar-refractivity contribution in [2.75, 3.05) is 18.5 Å². The Morgan fingerprint density at radius 2 is 2.38 bits per heavy atom. The number of aromatic nitrogens is 1. The summed E-state index contributed by atoms with van der Waals surface area (Å²) in [4.78, 5) is 6.81. The van der Waals surface area contributed by atoms with E-state index in [9.17, 15) is 0 Å². The van der Waals surface area contributed by atoms with Gasteiger partial charge in [0, 0.05) is 19.8 Å². The molecule has 16 heavy (non-hydrogen) atoms.